The van der Waals surface area contributed by atoms with Crippen molar-refractivity contribution >= 4 is 0 Å². The molecule has 1 aromatic rings. The second-order valence-electron chi connectivity index (χ2n) is 5.02. The highest BCUT2D eigenvalue weighted by Gasteiger charge is 2.32. The molecule has 0 bridgehead atoms. The van der Waals surface area contributed by atoms with E-state index in [1.807, 2.05) is 0 Å². The number of alkyl halides is 3. The minimum Gasteiger partial charge on any atom is -0.383 e. The summed E-state index contributed by atoms with van der Waals surface area (Å²) in [6, 6.07) is 0. The zero-order chi connectivity index (χ0) is 14.6. The van der Waals surface area contributed by atoms with E-state index in [4.69, 9.17) is 4.74 Å². The summed E-state index contributed by atoms with van der Waals surface area (Å²) < 4.78 is 43.5. The number of hydrogen-bond donors (Lipinski definition) is 0. The maximum absolute atomic E-state index is 12.5. The Hall–Kier alpha value is -1.15. The van der Waals surface area contributed by atoms with E-state index in [1.54, 1.807) is 7.11 Å². The summed E-state index contributed by atoms with van der Waals surface area (Å²) in [7, 11) is 1.64. The summed E-state index contributed by atoms with van der Waals surface area (Å²) in [4.78, 5) is 6.23. The molecular weight excluding hydrogens is 273 g/mol. The van der Waals surface area contributed by atoms with E-state index in [9.17, 15) is 13.2 Å². The van der Waals surface area contributed by atoms with Crippen LogP contribution in [0.1, 0.15) is 24.6 Å². The normalized spacial score (nSPS) is 21.3. The molecule has 1 fully saturated rings. The first kappa shape index (κ1) is 15.2. The third-order valence-corrected chi connectivity index (χ3v) is 3.46. The Bertz CT molecular complexity index is 421. The van der Waals surface area contributed by atoms with Crippen molar-refractivity contribution in [3.63, 3.8) is 0 Å². The minimum atomic E-state index is -4.27. The Morgan fingerprint density at radius 3 is 2.95 bits per heavy atom. The van der Waals surface area contributed by atoms with Gasteiger partial charge in [-0.25, -0.2) is 9.67 Å². The van der Waals surface area contributed by atoms with Crippen molar-refractivity contribution in [2.24, 2.45) is 0 Å². The van der Waals surface area contributed by atoms with Gasteiger partial charge in [0.05, 0.1) is 6.61 Å². The highest BCUT2D eigenvalue weighted by molar-refractivity contribution is 4.99. The fourth-order valence-electron chi connectivity index (χ4n) is 2.57. The first-order chi connectivity index (χ1) is 9.49. The number of ether oxygens (including phenoxy) is 1. The second-order valence-corrected chi connectivity index (χ2v) is 5.02. The van der Waals surface area contributed by atoms with Crippen molar-refractivity contribution in [1.82, 2.24) is 19.7 Å². The van der Waals surface area contributed by atoms with E-state index in [2.05, 4.69) is 15.0 Å². The fraction of sp³-hybridized carbons (Fsp3) is 0.833. The first-order valence-electron chi connectivity index (χ1n) is 6.65. The molecule has 0 aliphatic carbocycles. The van der Waals surface area contributed by atoms with Gasteiger partial charge >= 0.3 is 6.18 Å². The molecule has 0 N–H and O–H groups in total. The van der Waals surface area contributed by atoms with Crippen LogP contribution in [-0.4, -0.2) is 59.2 Å². The number of nitrogens with zero attached hydrogens (tertiary/aromatic N) is 4. The third-order valence-electron chi connectivity index (χ3n) is 3.46. The molecule has 1 aromatic heterocycles. The predicted molar refractivity (Wildman–Crippen MR) is 66.4 cm³/mol. The van der Waals surface area contributed by atoms with Crippen molar-refractivity contribution in [2.45, 2.75) is 31.5 Å². The van der Waals surface area contributed by atoms with Gasteiger partial charge in [0.1, 0.15) is 18.7 Å². The van der Waals surface area contributed by atoms with E-state index in [-0.39, 0.29) is 5.92 Å². The molecule has 2 rings (SSSR count). The van der Waals surface area contributed by atoms with Gasteiger partial charge in [-0.2, -0.15) is 18.3 Å². The maximum atomic E-state index is 12.5. The van der Waals surface area contributed by atoms with Gasteiger partial charge in [-0.05, 0) is 19.4 Å². The lowest BCUT2D eigenvalue weighted by Crippen LogP contribution is -2.37. The van der Waals surface area contributed by atoms with Gasteiger partial charge in [-0.1, -0.05) is 0 Å². The molecule has 1 saturated heterocycles. The number of methoxy groups -OCH3 is 1. The molecule has 20 heavy (non-hydrogen) atoms. The van der Waals surface area contributed by atoms with Gasteiger partial charge in [0.25, 0.3) is 0 Å². The van der Waals surface area contributed by atoms with Crippen LogP contribution >= 0.6 is 0 Å². The number of piperidine rings is 1. The van der Waals surface area contributed by atoms with E-state index in [1.165, 1.54) is 6.33 Å². The Labute approximate surface area is 115 Å². The quantitative estimate of drug-likeness (QED) is 0.828. The van der Waals surface area contributed by atoms with Gasteiger partial charge < -0.3 is 9.64 Å². The van der Waals surface area contributed by atoms with Gasteiger partial charge in [0, 0.05) is 26.1 Å². The molecule has 1 aliphatic heterocycles. The number of aromatic nitrogens is 3. The summed E-state index contributed by atoms with van der Waals surface area (Å²) in [5.74, 6) is 0.440. The molecule has 1 aliphatic rings. The number of likely N-dealkylation sites (tertiary alicyclic amines) is 1. The van der Waals surface area contributed by atoms with E-state index >= 15 is 0 Å². The molecule has 1 atom stereocenters. The lowest BCUT2D eigenvalue weighted by atomic mass is 9.97. The largest absolute Gasteiger partial charge is 0.408 e. The summed E-state index contributed by atoms with van der Waals surface area (Å²) in [5.41, 5.74) is 0. The van der Waals surface area contributed by atoms with E-state index in [0.29, 0.717) is 19.0 Å². The molecule has 5 nitrogen and oxygen atoms in total. The van der Waals surface area contributed by atoms with Gasteiger partial charge in [0.2, 0.25) is 0 Å². The Morgan fingerprint density at radius 2 is 2.25 bits per heavy atom. The van der Waals surface area contributed by atoms with Crippen LogP contribution in [0.3, 0.4) is 0 Å². The summed E-state index contributed by atoms with van der Waals surface area (Å²) >= 11 is 0. The summed E-state index contributed by atoms with van der Waals surface area (Å²) in [6.45, 7) is 2.01. The molecule has 0 aromatic carbocycles. The first-order valence-corrected chi connectivity index (χ1v) is 6.65. The molecule has 1 unspecified atom stereocenters. The average molecular weight is 292 g/mol. The van der Waals surface area contributed by atoms with Crippen molar-refractivity contribution in [3.8, 4) is 0 Å². The molecule has 0 amide bonds. The average Bonchev–Trinajstić information content (AvgIpc) is 2.82. The molecule has 0 radical (unpaired) electrons. The van der Waals surface area contributed by atoms with Crippen molar-refractivity contribution < 1.29 is 17.9 Å². The second kappa shape index (κ2) is 6.53. The van der Waals surface area contributed by atoms with Gasteiger partial charge in [0.15, 0.2) is 0 Å². The Kier molecular flexibility index (Phi) is 4.98. The maximum Gasteiger partial charge on any atom is 0.408 e. The van der Waals surface area contributed by atoms with Crippen molar-refractivity contribution in [3.05, 3.63) is 12.2 Å². The molecule has 2 heterocycles. The van der Waals surface area contributed by atoms with Crippen LogP contribution in [0.2, 0.25) is 0 Å². The molecular formula is C12H19F3N4O. The number of rotatable bonds is 5. The Morgan fingerprint density at radius 1 is 1.45 bits per heavy atom. The van der Waals surface area contributed by atoms with E-state index < -0.39 is 12.7 Å². The van der Waals surface area contributed by atoms with Crippen molar-refractivity contribution in [1.29, 1.82) is 0 Å². The third kappa shape index (κ3) is 4.17. The predicted octanol–water partition coefficient (Wildman–Crippen LogP) is 1.67. The van der Waals surface area contributed by atoms with Gasteiger partial charge in [-0.3, -0.25) is 0 Å². The molecule has 0 spiro atoms. The van der Waals surface area contributed by atoms with Crippen LogP contribution < -0.4 is 0 Å². The lowest BCUT2D eigenvalue weighted by molar-refractivity contribution is -0.143. The molecule has 0 saturated carbocycles. The van der Waals surface area contributed by atoms with Crippen LogP contribution in [0, 0.1) is 0 Å². The zero-order valence-electron chi connectivity index (χ0n) is 11.4. The minimum absolute atomic E-state index is 0.00505. The standard InChI is InChI=1S/C12H19F3N4O/c1-20-6-5-18-4-2-3-10(7-18)11-16-9-17-19(11)8-12(13,14)15/h9-10H,2-8H2,1H3. The van der Waals surface area contributed by atoms with Crippen LogP contribution in [0.5, 0.6) is 0 Å². The monoisotopic (exact) mass is 292 g/mol. The van der Waals surface area contributed by atoms with Crippen LogP contribution in [0.25, 0.3) is 0 Å². The number of halogens is 3. The smallest absolute Gasteiger partial charge is 0.383 e. The van der Waals surface area contributed by atoms with Gasteiger partial charge in [-0.15, -0.1) is 0 Å². The van der Waals surface area contributed by atoms with Crippen molar-refractivity contribution in [2.75, 3.05) is 33.4 Å². The highest BCUT2D eigenvalue weighted by Crippen LogP contribution is 2.27. The Balaban J connectivity index is 2.02. The zero-order valence-corrected chi connectivity index (χ0v) is 11.4. The number of hydrogen-bond acceptors (Lipinski definition) is 4. The van der Waals surface area contributed by atoms with Crippen LogP contribution in [-0.2, 0) is 11.3 Å². The topological polar surface area (TPSA) is 43.2 Å². The van der Waals surface area contributed by atoms with E-state index in [0.717, 1.165) is 30.6 Å². The lowest BCUT2D eigenvalue weighted by Gasteiger charge is -2.32. The summed E-state index contributed by atoms with van der Waals surface area (Å²) in [5, 5.41) is 3.71. The summed E-state index contributed by atoms with van der Waals surface area (Å²) in [6.07, 6.45) is -1.27. The van der Waals surface area contributed by atoms with Crippen LogP contribution in [0.15, 0.2) is 6.33 Å². The SMILES string of the molecule is COCCN1CCCC(c2ncnn2CC(F)(F)F)C1. The van der Waals surface area contributed by atoms with Crippen LogP contribution in [0.4, 0.5) is 13.2 Å². The molecule has 8 heteroatoms. The highest BCUT2D eigenvalue weighted by atomic mass is 19.4. The molecule has 114 valence electrons. The fourth-order valence-corrected chi connectivity index (χ4v) is 2.57.